The third-order valence-corrected chi connectivity index (χ3v) is 3.48. The summed E-state index contributed by atoms with van der Waals surface area (Å²) in [6.45, 7) is 2.07. The van der Waals surface area contributed by atoms with E-state index in [9.17, 15) is 14.0 Å². The van der Waals surface area contributed by atoms with Gasteiger partial charge < -0.3 is 10.4 Å². The molecule has 0 bridgehead atoms. The molecule has 0 aliphatic heterocycles. The fourth-order valence-electron chi connectivity index (χ4n) is 1.93. The van der Waals surface area contributed by atoms with Crippen molar-refractivity contribution in [3.05, 3.63) is 35.1 Å². The van der Waals surface area contributed by atoms with Gasteiger partial charge in [0, 0.05) is 12.1 Å². The summed E-state index contributed by atoms with van der Waals surface area (Å²) in [5.41, 5.74) is 1.06. The number of hydrogen-bond donors (Lipinski definition) is 2. The summed E-state index contributed by atoms with van der Waals surface area (Å²) in [6.07, 6.45) is 1.85. The summed E-state index contributed by atoms with van der Waals surface area (Å²) in [5, 5.41) is 11.0. The lowest BCUT2D eigenvalue weighted by Crippen LogP contribution is -2.26. The molecule has 0 atom stereocenters. The van der Waals surface area contributed by atoms with Gasteiger partial charge in [0.05, 0.1) is 6.42 Å². The fraction of sp³-hybridized carbons (Fsp3) is 0.429. The van der Waals surface area contributed by atoms with Crippen molar-refractivity contribution in [2.24, 2.45) is 0 Å². The summed E-state index contributed by atoms with van der Waals surface area (Å²) in [6, 6.07) is 4.32. The van der Waals surface area contributed by atoms with Gasteiger partial charge in [-0.15, -0.1) is 0 Å². The van der Waals surface area contributed by atoms with E-state index in [2.05, 4.69) is 5.32 Å². The Morgan fingerprint density at radius 1 is 1.37 bits per heavy atom. The second kappa shape index (κ2) is 4.99. The van der Waals surface area contributed by atoms with Crippen LogP contribution in [-0.2, 0) is 10.2 Å². The van der Waals surface area contributed by atoms with Crippen molar-refractivity contribution in [2.75, 3.05) is 6.54 Å². The van der Waals surface area contributed by atoms with Crippen molar-refractivity contribution in [1.82, 2.24) is 5.32 Å². The predicted octanol–water partition coefficient (Wildman–Crippen LogP) is 2.08. The van der Waals surface area contributed by atoms with Crippen molar-refractivity contribution in [3.8, 4) is 0 Å². The molecule has 1 aromatic rings. The SMILES string of the molecule is CC1(c2cc(F)cc(C(=O)NCCC(=O)O)c2)CC1. The summed E-state index contributed by atoms with van der Waals surface area (Å²) in [7, 11) is 0. The molecule has 4 nitrogen and oxygen atoms in total. The third kappa shape index (κ3) is 3.30. The van der Waals surface area contributed by atoms with Crippen molar-refractivity contribution in [2.45, 2.75) is 31.6 Å². The molecule has 5 heteroatoms. The topological polar surface area (TPSA) is 66.4 Å². The van der Waals surface area contributed by atoms with Crippen LogP contribution in [0.3, 0.4) is 0 Å². The second-order valence-corrected chi connectivity index (χ2v) is 5.19. The number of carbonyl (C=O) groups excluding carboxylic acids is 1. The molecule has 1 fully saturated rings. The van der Waals surface area contributed by atoms with Crippen molar-refractivity contribution in [3.63, 3.8) is 0 Å². The highest BCUT2D eigenvalue weighted by Gasteiger charge is 2.39. The normalized spacial score (nSPS) is 15.9. The van der Waals surface area contributed by atoms with Gasteiger partial charge in [-0.05, 0) is 42.0 Å². The minimum absolute atomic E-state index is 0.0157. The molecular weight excluding hydrogens is 249 g/mol. The minimum Gasteiger partial charge on any atom is -0.481 e. The molecule has 0 radical (unpaired) electrons. The molecule has 0 heterocycles. The number of carboxylic acid groups (broad SMARTS) is 1. The summed E-state index contributed by atoms with van der Waals surface area (Å²) >= 11 is 0. The van der Waals surface area contributed by atoms with Gasteiger partial charge in [-0.1, -0.05) is 6.92 Å². The lowest BCUT2D eigenvalue weighted by atomic mass is 9.96. The van der Waals surface area contributed by atoms with Crippen LogP contribution < -0.4 is 5.32 Å². The van der Waals surface area contributed by atoms with Crippen LogP contribution in [0.2, 0.25) is 0 Å². The molecule has 102 valence electrons. The number of halogens is 1. The molecule has 1 aromatic carbocycles. The molecule has 0 aromatic heterocycles. The zero-order chi connectivity index (χ0) is 14.0. The van der Waals surface area contributed by atoms with E-state index in [1.807, 2.05) is 6.92 Å². The van der Waals surface area contributed by atoms with E-state index >= 15 is 0 Å². The Hall–Kier alpha value is -1.91. The van der Waals surface area contributed by atoms with E-state index in [1.54, 1.807) is 6.07 Å². The Balaban J connectivity index is 2.09. The van der Waals surface area contributed by atoms with Gasteiger partial charge in [-0.3, -0.25) is 9.59 Å². The summed E-state index contributed by atoms with van der Waals surface area (Å²) in [4.78, 5) is 22.2. The van der Waals surface area contributed by atoms with Crippen molar-refractivity contribution >= 4 is 11.9 Å². The average molecular weight is 265 g/mol. The Morgan fingerprint density at radius 2 is 2.05 bits per heavy atom. The summed E-state index contributed by atoms with van der Waals surface area (Å²) < 4.78 is 13.5. The number of carbonyl (C=O) groups is 2. The first kappa shape index (κ1) is 13.5. The monoisotopic (exact) mass is 265 g/mol. The number of hydrogen-bond acceptors (Lipinski definition) is 2. The molecule has 0 saturated heterocycles. The Labute approximate surface area is 110 Å². The van der Waals surface area contributed by atoms with Gasteiger partial charge in [0.2, 0.25) is 0 Å². The van der Waals surface area contributed by atoms with E-state index in [4.69, 9.17) is 5.11 Å². The number of amides is 1. The Bertz CT molecular complexity index is 523. The largest absolute Gasteiger partial charge is 0.481 e. The van der Waals surface area contributed by atoms with E-state index in [-0.39, 0.29) is 23.9 Å². The maximum absolute atomic E-state index is 13.5. The quantitative estimate of drug-likeness (QED) is 0.856. The first-order chi connectivity index (χ1) is 8.90. The molecule has 19 heavy (non-hydrogen) atoms. The van der Waals surface area contributed by atoms with Crippen molar-refractivity contribution < 1.29 is 19.1 Å². The zero-order valence-corrected chi connectivity index (χ0v) is 10.7. The van der Waals surface area contributed by atoms with Crippen LogP contribution in [-0.4, -0.2) is 23.5 Å². The van der Waals surface area contributed by atoms with Crippen LogP contribution in [0.4, 0.5) is 4.39 Å². The molecule has 2 N–H and O–H groups in total. The van der Waals surface area contributed by atoms with Crippen LogP contribution >= 0.6 is 0 Å². The van der Waals surface area contributed by atoms with E-state index in [0.717, 1.165) is 18.4 Å². The standard InChI is InChI=1S/C14H16FNO3/c1-14(3-4-14)10-6-9(7-11(15)8-10)13(19)16-5-2-12(17)18/h6-8H,2-5H2,1H3,(H,16,19)(H,17,18). The first-order valence-corrected chi connectivity index (χ1v) is 6.22. The molecule has 1 aliphatic carbocycles. The van der Waals surface area contributed by atoms with E-state index in [0.29, 0.717) is 0 Å². The van der Waals surface area contributed by atoms with Gasteiger partial charge >= 0.3 is 5.97 Å². The number of aliphatic carboxylic acids is 1. The number of rotatable bonds is 5. The molecule has 0 unspecified atom stereocenters. The lowest BCUT2D eigenvalue weighted by Gasteiger charge is -2.11. The molecule has 0 spiro atoms. The van der Waals surface area contributed by atoms with Gasteiger partial charge in [-0.25, -0.2) is 4.39 Å². The molecule has 2 rings (SSSR count). The van der Waals surface area contributed by atoms with Crippen LogP contribution in [0, 0.1) is 5.82 Å². The molecular formula is C14H16FNO3. The van der Waals surface area contributed by atoms with Crippen LogP contribution in [0.25, 0.3) is 0 Å². The van der Waals surface area contributed by atoms with Crippen molar-refractivity contribution in [1.29, 1.82) is 0 Å². The molecule has 1 saturated carbocycles. The van der Waals surface area contributed by atoms with Crippen LogP contribution in [0.15, 0.2) is 18.2 Å². The van der Waals surface area contributed by atoms with Gasteiger partial charge in [0.25, 0.3) is 5.91 Å². The minimum atomic E-state index is -0.981. The smallest absolute Gasteiger partial charge is 0.305 e. The number of benzene rings is 1. The third-order valence-electron chi connectivity index (χ3n) is 3.48. The zero-order valence-electron chi connectivity index (χ0n) is 10.7. The highest BCUT2D eigenvalue weighted by atomic mass is 19.1. The van der Waals surface area contributed by atoms with Crippen LogP contribution in [0.1, 0.15) is 42.1 Å². The van der Waals surface area contributed by atoms with Gasteiger partial charge in [-0.2, -0.15) is 0 Å². The molecule has 1 amide bonds. The Morgan fingerprint density at radius 3 is 2.63 bits per heavy atom. The van der Waals surface area contributed by atoms with E-state index < -0.39 is 17.7 Å². The number of nitrogens with one attached hydrogen (secondary N) is 1. The lowest BCUT2D eigenvalue weighted by molar-refractivity contribution is -0.136. The van der Waals surface area contributed by atoms with E-state index in [1.165, 1.54) is 12.1 Å². The highest BCUT2D eigenvalue weighted by Crippen LogP contribution is 2.47. The highest BCUT2D eigenvalue weighted by molar-refractivity contribution is 5.94. The second-order valence-electron chi connectivity index (χ2n) is 5.19. The van der Waals surface area contributed by atoms with Gasteiger partial charge in [0.1, 0.15) is 5.82 Å². The maximum Gasteiger partial charge on any atom is 0.305 e. The van der Waals surface area contributed by atoms with Crippen LogP contribution in [0.5, 0.6) is 0 Å². The Kier molecular flexibility index (Phi) is 3.55. The van der Waals surface area contributed by atoms with Gasteiger partial charge in [0.15, 0.2) is 0 Å². The number of carboxylic acids is 1. The maximum atomic E-state index is 13.5. The first-order valence-electron chi connectivity index (χ1n) is 6.22. The predicted molar refractivity (Wildman–Crippen MR) is 67.6 cm³/mol. The fourth-order valence-corrected chi connectivity index (χ4v) is 1.93. The molecule has 1 aliphatic rings. The average Bonchev–Trinajstić information content (AvgIpc) is 3.07. The summed E-state index contributed by atoms with van der Waals surface area (Å²) in [5.74, 6) is -1.86.